The van der Waals surface area contributed by atoms with E-state index in [9.17, 15) is 4.79 Å². The average Bonchev–Trinajstić information content (AvgIpc) is 3.15. The first-order chi connectivity index (χ1) is 13.3. The molecule has 8 heteroatoms. The zero-order valence-corrected chi connectivity index (χ0v) is 18.6. The minimum absolute atomic E-state index is 0.0820. The summed E-state index contributed by atoms with van der Waals surface area (Å²) in [5, 5.41) is 12.0. The number of aromatic nitrogens is 2. The van der Waals surface area contributed by atoms with Gasteiger partial charge in [-0.2, -0.15) is 0 Å². The second kappa shape index (κ2) is 9.11. The van der Waals surface area contributed by atoms with Crippen LogP contribution in [0.1, 0.15) is 19.4 Å². The maximum absolute atomic E-state index is 12.2. The van der Waals surface area contributed by atoms with Gasteiger partial charge in [0.15, 0.2) is 0 Å². The fourth-order valence-electron chi connectivity index (χ4n) is 2.48. The summed E-state index contributed by atoms with van der Waals surface area (Å²) in [7, 11) is 0. The summed E-state index contributed by atoms with van der Waals surface area (Å²) < 4.78 is 6.63. The third-order valence-electron chi connectivity index (χ3n) is 4.18. The number of hydrogen-bond acceptors (Lipinski definition) is 5. The lowest BCUT2D eigenvalue weighted by Gasteiger charge is -2.25. The monoisotopic (exact) mass is 479 g/mol. The number of thioether (sulfide) groups is 1. The largest absolute Gasteiger partial charge is 0.411 e. The quantitative estimate of drug-likeness (QED) is 0.462. The zero-order chi connectivity index (χ0) is 20.1. The molecule has 1 amide bonds. The minimum atomic E-state index is -0.173. The van der Waals surface area contributed by atoms with Gasteiger partial charge in [-0.3, -0.25) is 4.79 Å². The average molecular weight is 481 g/mol. The van der Waals surface area contributed by atoms with E-state index < -0.39 is 0 Å². The molecule has 3 aromatic rings. The summed E-state index contributed by atoms with van der Waals surface area (Å²) in [6.07, 6.45) is 0. The molecule has 0 spiro atoms. The molecule has 1 aromatic heterocycles. The Balaban J connectivity index is 1.50. The van der Waals surface area contributed by atoms with E-state index in [1.807, 2.05) is 12.1 Å². The molecule has 1 heterocycles. The first-order valence-corrected chi connectivity index (χ1v) is 10.7. The van der Waals surface area contributed by atoms with Crippen molar-refractivity contribution in [1.29, 1.82) is 0 Å². The predicted molar refractivity (Wildman–Crippen MR) is 116 cm³/mol. The van der Waals surface area contributed by atoms with E-state index in [4.69, 9.17) is 16.0 Å². The van der Waals surface area contributed by atoms with Crippen molar-refractivity contribution in [2.45, 2.75) is 24.5 Å². The van der Waals surface area contributed by atoms with Crippen molar-refractivity contribution in [3.05, 3.63) is 63.6 Å². The summed E-state index contributed by atoms with van der Waals surface area (Å²) in [4.78, 5) is 12.2. The molecule has 28 heavy (non-hydrogen) atoms. The molecule has 0 saturated heterocycles. The van der Waals surface area contributed by atoms with Crippen LogP contribution < -0.4 is 5.32 Å². The van der Waals surface area contributed by atoms with Gasteiger partial charge in [-0.15, -0.1) is 10.2 Å². The number of carbonyl (C=O) groups excluding carboxylic acids is 1. The topological polar surface area (TPSA) is 68.0 Å². The lowest BCUT2D eigenvalue weighted by molar-refractivity contribution is -0.118. The second-order valence-corrected chi connectivity index (χ2v) is 9.11. The lowest BCUT2D eigenvalue weighted by Crippen LogP contribution is -2.37. The highest BCUT2D eigenvalue weighted by Gasteiger charge is 2.21. The maximum Gasteiger partial charge on any atom is 0.277 e. The number of benzene rings is 2. The van der Waals surface area contributed by atoms with Gasteiger partial charge in [0.1, 0.15) is 0 Å². The van der Waals surface area contributed by atoms with Crippen LogP contribution in [0.25, 0.3) is 11.5 Å². The molecule has 0 radical (unpaired) electrons. The van der Waals surface area contributed by atoms with Gasteiger partial charge in [0.2, 0.25) is 11.8 Å². The Labute approximate surface area is 181 Å². The highest BCUT2D eigenvalue weighted by Crippen LogP contribution is 2.25. The highest BCUT2D eigenvalue weighted by atomic mass is 79.9. The summed E-state index contributed by atoms with van der Waals surface area (Å²) in [6.45, 7) is 4.73. The zero-order valence-electron chi connectivity index (χ0n) is 15.4. The normalized spacial score (nSPS) is 11.4. The van der Waals surface area contributed by atoms with Crippen LogP contribution in [0, 0.1) is 0 Å². The molecule has 5 nitrogen and oxygen atoms in total. The van der Waals surface area contributed by atoms with Crippen LogP contribution in [0.5, 0.6) is 0 Å². The van der Waals surface area contributed by atoms with E-state index >= 15 is 0 Å². The summed E-state index contributed by atoms with van der Waals surface area (Å²) >= 11 is 10.5. The van der Waals surface area contributed by atoms with Gasteiger partial charge < -0.3 is 9.73 Å². The Morgan fingerprint density at radius 3 is 2.50 bits per heavy atom. The molecular weight excluding hydrogens is 462 g/mol. The van der Waals surface area contributed by atoms with Crippen molar-refractivity contribution in [3.8, 4) is 11.5 Å². The first-order valence-electron chi connectivity index (χ1n) is 8.58. The number of halogens is 2. The SMILES string of the molecule is CC(C)(CNC(=O)CSc1nnc(-c2ccc(Cl)cc2)o1)c1ccc(Br)cc1. The molecule has 146 valence electrons. The molecule has 0 aliphatic heterocycles. The predicted octanol–water partition coefficient (Wildman–Crippen LogP) is 5.34. The molecule has 0 aliphatic rings. The van der Waals surface area contributed by atoms with E-state index in [2.05, 4.69) is 57.4 Å². The van der Waals surface area contributed by atoms with Crippen molar-refractivity contribution in [3.63, 3.8) is 0 Å². The van der Waals surface area contributed by atoms with Gasteiger partial charge in [0, 0.05) is 27.0 Å². The summed E-state index contributed by atoms with van der Waals surface area (Å²) in [5.74, 6) is 0.524. The Morgan fingerprint density at radius 2 is 1.82 bits per heavy atom. The van der Waals surface area contributed by atoms with Gasteiger partial charge in [-0.05, 0) is 42.0 Å². The third kappa shape index (κ3) is 5.59. The number of carbonyl (C=O) groups is 1. The fourth-order valence-corrected chi connectivity index (χ4v) is 3.46. The van der Waals surface area contributed by atoms with Gasteiger partial charge in [-0.1, -0.05) is 65.3 Å². The van der Waals surface area contributed by atoms with Gasteiger partial charge >= 0.3 is 0 Å². The number of nitrogens with one attached hydrogen (secondary N) is 1. The maximum atomic E-state index is 12.2. The molecule has 3 rings (SSSR count). The molecule has 0 aliphatic carbocycles. The van der Waals surface area contributed by atoms with E-state index in [0.29, 0.717) is 22.7 Å². The molecule has 0 fully saturated rings. The van der Waals surface area contributed by atoms with Crippen LogP contribution >= 0.6 is 39.3 Å². The molecular formula is C20H19BrClN3O2S. The molecule has 0 bridgehead atoms. The molecule has 2 aromatic carbocycles. The van der Waals surface area contributed by atoms with Crippen molar-refractivity contribution < 1.29 is 9.21 Å². The van der Waals surface area contributed by atoms with Crippen LogP contribution in [0.3, 0.4) is 0 Å². The number of rotatable bonds is 7. The third-order valence-corrected chi connectivity index (χ3v) is 5.78. The molecule has 1 N–H and O–H groups in total. The lowest BCUT2D eigenvalue weighted by atomic mass is 9.84. The summed E-state index contributed by atoms with van der Waals surface area (Å²) in [6, 6.07) is 15.3. The standard InChI is InChI=1S/C20H19BrClN3O2S/c1-20(2,14-5-7-15(21)8-6-14)12-23-17(26)11-28-19-25-24-18(27-19)13-3-9-16(22)10-4-13/h3-10H,11-12H2,1-2H3,(H,23,26). The van der Waals surface area contributed by atoms with Crippen LogP contribution in [-0.2, 0) is 10.2 Å². The number of nitrogens with zero attached hydrogens (tertiary/aromatic N) is 2. The number of amides is 1. The van der Waals surface area contributed by atoms with Crippen LogP contribution in [0.15, 0.2) is 62.6 Å². The molecule has 0 atom stereocenters. The van der Waals surface area contributed by atoms with Crippen molar-refractivity contribution in [2.75, 3.05) is 12.3 Å². The van der Waals surface area contributed by atoms with Gasteiger partial charge in [0.05, 0.1) is 5.75 Å². The first kappa shape index (κ1) is 20.9. The van der Waals surface area contributed by atoms with E-state index in [0.717, 1.165) is 15.6 Å². The van der Waals surface area contributed by atoms with E-state index in [1.165, 1.54) is 11.8 Å². The van der Waals surface area contributed by atoms with Gasteiger partial charge in [-0.25, -0.2) is 0 Å². The van der Waals surface area contributed by atoms with Crippen LogP contribution in [0.4, 0.5) is 0 Å². The highest BCUT2D eigenvalue weighted by molar-refractivity contribution is 9.10. The Morgan fingerprint density at radius 1 is 1.14 bits per heavy atom. The van der Waals surface area contributed by atoms with Crippen molar-refractivity contribution in [2.24, 2.45) is 0 Å². The Kier molecular flexibility index (Phi) is 6.80. The van der Waals surface area contributed by atoms with E-state index in [1.54, 1.807) is 24.3 Å². The van der Waals surface area contributed by atoms with Gasteiger partial charge in [0.25, 0.3) is 5.22 Å². The number of hydrogen-bond donors (Lipinski definition) is 1. The van der Waals surface area contributed by atoms with Crippen molar-refractivity contribution in [1.82, 2.24) is 15.5 Å². The van der Waals surface area contributed by atoms with Crippen molar-refractivity contribution >= 4 is 45.2 Å². The van der Waals surface area contributed by atoms with Crippen LogP contribution in [-0.4, -0.2) is 28.4 Å². The second-order valence-electron chi connectivity index (χ2n) is 6.84. The van der Waals surface area contributed by atoms with Crippen LogP contribution in [0.2, 0.25) is 5.02 Å². The molecule has 0 saturated carbocycles. The van der Waals surface area contributed by atoms with E-state index in [-0.39, 0.29) is 17.1 Å². The Bertz CT molecular complexity index is 943. The molecule has 0 unspecified atom stereocenters. The minimum Gasteiger partial charge on any atom is -0.411 e. The smallest absolute Gasteiger partial charge is 0.277 e. The Hall–Kier alpha value is -1.83. The fraction of sp³-hybridized carbons (Fsp3) is 0.250. The summed E-state index contributed by atoms with van der Waals surface area (Å²) in [5.41, 5.74) is 1.77.